The van der Waals surface area contributed by atoms with Crippen molar-refractivity contribution in [3.63, 3.8) is 0 Å². The molecule has 0 atom stereocenters. The molecule has 0 bridgehead atoms. The standard InChI is InChI=1S/C21H36N4O3.HI/c1-6-22-21(25-14-13-23-20(26)16(4)5)24-12-11-17-9-10-18(27-7-2)19(15-17)28-8-3;/h9-10,15-16H,6-8,11-14H2,1-5H3,(H,23,26)(H2,22,24,25);1H. The van der Waals surface area contributed by atoms with Crippen LogP contribution in [0.5, 0.6) is 11.5 Å². The van der Waals surface area contributed by atoms with E-state index >= 15 is 0 Å². The van der Waals surface area contributed by atoms with Gasteiger partial charge >= 0.3 is 0 Å². The molecule has 0 saturated carbocycles. The molecule has 0 unspecified atom stereocenters. The molecule has 3 N–H and O–H groups in total. The number of amides is 1. The lowest BCUT2D eigenvalue weighted by atomic mass is 10.1. The quantitative estimate of drug-likeness (QED) is 0.171. The number of guanidine groups is 1. The summed E-state index contributed by atoms with van der Waals surface area (Å²) in [7, 11) is 0. The Balaban J connectivity index is 0.00000784. The molecule has 0 saturated heterocycles. The molecule has 166 valence electrons. The zero-order valence-electron chi connectivity index (χ0n) is 18.3. The summed E-state index contributed by atoms with van der Waals surface area (Å²) < 4.78 is 11.3. The molecule has 29 heavy (non-hydrogen) atoms. The van der Waals surface area contributed by atoms with E-state index in [9.17, 15) is 4.79 Å². The minimum atomic E-state index is -0.00222. The normalized spacial score (nSPS) is 10.9. The van der Waals surface area contributed by atoms with E-state index in [0.29, 0.717) is 32.8 Å². The number of rotatable bonds is 12. The van der Waals surface area contributed by atoms with Gasteiger partial charge in [-0.15, -0.1) is 24.0 Å². The van der Waals surface area contributed by atoms with Crippen molar-refractivity contribution in [1.29, 1.82) is 0 Å². The Labute approximate surface area is 192 Å². The summed E-state index contributed by atoms with van der Waals surface area (Å²) in [6.07, 6.45) is 0.799. The zero-order chi connectivity index (χ0) is 20.8. The average molecular weight is 520 g/mol. The number of aliphatic imine (C=N–C) groups is 1. The molecule has 0 aliphatic carbocycles. The van der Waals surface area contributed by atoms with Gasteiger partial charge in [-0.2, -0.15) is 0 Å². The van der Waals surface area contributed by atoms with Crippen LogP contribution in [0.3, 0.4) is 0 Å². The highest BCUT2D eigenvalue weighted by atomic mass is 127. The van der Waals surface area contributed by atoms with Gasteiger partial charge in [-0.3, -0.25) is 9.79 Å². The van der Waals surface area contributed by atoms with Gasteiger partial charge in [0.15, 0.2) is 17.5 Å². The number of nitrogens with one attached hydrogen (secondary N) is 3. The SMILES string of the molecule is CCNC(=NCCc1ccc(OCC)c(OCC)c1)NCCNC(=O)C(C)C.I. The van der Waals surface area contributed by atoms with Crippen LogP contribution in [-0.4, -0.2) is 51.3 Å². The minimum absolute atomic E-state index is 0. The lowest BCUT2D eigenvalue weighted by molar-refractivity contribution is -0.123. The van der Waals surface area contributed by atoms with Crippen LogP contribution in [0.4, 0.5) is 0 Å². The number of ether oxygens (including phenoxy) is 2. The first kappa shape index (κ1) is 27.3. The first-order valence-electron chi connectivity index (χ1n) is 10.2. The summed E-state index contributed by atoms with van der Waals surface area (Å²) in [6, 6.07) is 6.02. The van der Waals surface area contributed by atoms with E-state index in [4.69, 9.17) is 9.47 Å². The van der Waals surface area contributed by atoms with Crippen LogP contribution in [0.1, 0.15) is 40.2 Å². The fourth-order valence-electron chi connectivity index (χ4n) is 2.46. The Hall–Kier alpha value is -1.71. The van der Waals surface area contributed by atoms with E-state index in [0.717, 1.165) is 36.0 Å². The molecule has 0 heterocycles. The summed E-state index contributed by atoms with van der Waals surface area (Å²) in [6.45, 7) is 13.5. The van der Waals surface area contributed by atoms with Gasteiger partial charge in [0.25, 0.3) is 0 Å². The molecular weight excluding hydrogens is 483 g/mol. The monoisotopic (exact) mass is 520 g/mol. The summed E-state index contributed by atoms with van der Waals surface area (Å²) in [4.78, 5) is 16.2. The fraction of sp³-hybridized carbons (Fsp3) is 0.619. The number of benzene rings is 1. The van der Waals surface area contributed by atoms with Crippen molar-refractivity contribution in [2.24, 2.45) is 10.9 Å². The molecular formula is C21H37IN4O3. The van der Waals surface area contributed by atoms with Crippen molar-refractivity contribution < 1.29 is 14.3 Å². The lowest BCUT2D eigenvalue weighted by Gasteiger charge is -2.13. The topological polar surface area (TPSA) is 84.0 Å². The molecule has 1 rings (SSSR count). The van der Waals surface area contributed by atoms with Crippen molar-refractivity contribution in [3.8, 4) is 11.5 Å². The second-order valence-electron chi connectivity index (χ2n) is 6.53. The third-order valence-electron chi connectivity index (χ3n) is 3.86. The molecule has 0 aliphatic rings. The van der Waals surface area contributed by atoms with E-state index in [1.807, 2.05) is 52.8 Å². The third kappa shape index (κ3) is 11.2. The Bertz CT molecular complexity index is 624. The molecule has 7 nitrogen and oxygen atoms in total. The number of carbonyl (C=O) groups excluding carboxylic acids is 1. The molecule has 0 fully saturated rings. The van der Waals surface area contributed by atoms with E-state index in [2.05, 4.69) is 20.9 Å². The predicted octanol–water partition coefficient (Wildman–Crippen LogP) is 2.97. The third-order valence-corrected chi connectivity index (χ3v) is 3.86. The van der Waals surface area contributed by atoms with Gasteiger partial charge in [-0.25, -0.2) is 0 Å². The second kappa shape index (κ2) is 16.1. The predicted molar refractivity (Wildman–Crippen MR) is 130 cm³/mol. The first-order chi connectivity index (χ1) is 13.5. The van der Waals surface area contributed by atoms with Gasteiger partial charge in [0.05, 0.1) is 13.2 Å². The Morgan fingerprint density at radius 2 is 1.66 bits per heavy atom. The van der Waals surface area contributed by atoms with E-state index in [1.54, 1.807) is 0 Å². The van der Waals surface area contributed by atoms with Crippen LogP contribution in [0.2, 0.25) is 0 Å². The highest BCUT2D eigenvalue weighted by Crippen LogP contribution is 2.28. The highest BCUT2D eigenvalue weighted by molar-refractivity contribution is 14.0. The van der Waals surface area contributed by atoms with E-state index < -0.39 is 0 Å². The number of halogens is 1. The molecule has 1 amide bonds. The Kier molecular flexibility index (Phi) is 15.2. The maximum Gasteiger partial charge on any atom is 0.222 e. The number of hydrogen-bond donors (Lipinski definition) is 3. The van der Waals surface area contributed by atoms with Crippen molar-refractivity contribution >= 4 is 35.8 Å². The number of carbonyl (C=O) groups is 1. The molecule has 1 aromatic carbocycles. The lowest BCUT2D eigenvalue weighted by Crippen LogP contribution is -2.42. The number of nitrogens with zero attached hydrogens (tertiary/aromatic N) is 1. The minimum Gasteiger partial charge on any atom is -0.490 e. The van der Waals surface area contributed by atoms with Gasteiger partial charge in [0.1, 0.15) is 0 Å². The zero-order valence-corrected chi connectivity index (χ0v) is 20.7. The van der Waals surface area contributed by atoms with Crippen LogP contribution in [-0.2, 0) is 11.2 Å². The van der Waals surface area contributed by atoms with Crippen molar-refractivity contribution in [2.75, 3.05) is 39.4 Å². The molecule has 0 aromatic heterocycles. The first-order valence-corrected chi connectivity index (χ1v) is 10.2. The second-order valence-corrected chi connectivity index (χ2v) is 6.53. The molecule has 8 heteroatoms. The van der Waals surface area contributed by atoms with Crippen LogP contribution in [0.25, 0.3) is 0 Å². The van der Waals surface area contributed by atoms with E-state index in [-0.39, 0.29) is 35.8 Å². The molecule has 1 aromatic rings. The Morgan fingerprint density at radius 1 is 1.00 bits per heavy atom. The maximum atomic E-state index is 11.6. The summed E-state index contributed by atoms with van der Waals surface area (Å²) in [5.74, 6) is 2.35. The van der Waals surface area contributed by atoms with Crippen LogP contribution < -0.4 is 25.4 Å². The smallest absolute Gasteiger partial charge is 0.222 e. The van der Waals surface area contributed by atoms with Crippen molar-refractivity contribution in [1.82, 2.24) is 16.0 Å². The van der Waals surface area contributed by atoms with Gasteiger partial charge < -0.3 is 25.4 Å². The van der Waals surface area contributed by atoms with Gasteiger partial charge in [-0.1, -0.05) is 19.9 Å². The largest absolute Gasteiger partial charge is 0.490 e. The van der Waals surface area contributed by atoms with Gasteiger partial charge in [0, 0.05) is 32.1 Å². The molecule has 0 aliphatic heterocycles. The van der Waals surface area contributed by atoms with Crippen molar-refractivity contribution in [3.05, 3.63) is 23.8 Å². The maximum absolute atomic E-state index is 11.6. The summed E-state index contributed by atoms with van der Waals surface area (Å²) in [5, 5.41) is 9.34. The highest BCUT2D eigenvalue weighted by Gasteiger charge is 2.07. The fourth-order valence-corrected chi connectivity index (χ4v) is 2.46. The van der Waals surface area contributed by atoms with Gasteiger partial charge in [-0.05, 0) is 44.9 Å². The summed E-state index contributed by atoms with van der Waals surface area (Å²) >= 11 is 0. The van der Waals surface area contributed by atoms with Crippen molar-refractivity contribution in [2.45, 2.75) is 41.0 Å². The Morgan fingerprint density at radius 3 is 2.28 bits per heavy atom. The summed E-state index contributed by atoms with van der Waals surface area (Å²) in [5.41, 5.74) is 1.15. The van der Waals surface area contributed by atoms with Crippen LogP contribution in [0.15, 0.2) is 23.2 Å². The number of hydrogen-bond acceptors (Lipinski definition) is 4. The average Bonchev–Trinajstić information content (AvgIpc) is 2.67. The molecule has 0 spiro atoms. The van der Waals surface area contributed by atoms with Gasteiger partial charge in [0.2, 0.25) is 5.91 Å². The van der Waals surface area contributed by atoms with Crippen LogP contribution in [0, 0.1) is 5.92 Å². The molecule has 0 radical (unpaired) electrons. The van der Waals surface area contributed by atoms with Crippen LogP contribution >= 0.6 is 24.0 Å². The van der Waals surface area contributed by atoms with E-state index in [1.165, 1.54) is 0 Å².